The first-order valence-corrected chi connectivity index (χ1v) is 9.12. The van der Waals surface area contributed by atoms with E-state index in [9.17, 15) is 4.79 Å². The minimum Gasteiger partial charge on any atom is -0.347 e. The van der Waals surface area contributed by atoms with Crippen molar-refractivity contribution in [2.75, 3.05) is 12.3 Å². The van der Waals surface area contributed by atoms with E-state index in [0.29, 0.717) is 6.42 Å². The molecule has 1 aliphatic heterocycles. The van der Waals surface area contributed by atoms with E-state index in [1.807, 2.05) is 11.1 Å². The van der Waals surface area contributed by atoms with Crippen LogP contribution in [0.3, 0.4) is 0 Å². The Morgan fingerprint density at radius 1 is 1.39 bits per heavy atom. The molecule has 0 unspecified atom stereocenters. The number of rotatable bonds is 5. The van der Waals surface area contributed by atoms with Gasteiger partial charge in [-0.25, -0.2) is 4.98 Å². The Labute approximate surface area is 141 Å². The minimum absolute atomic E-state index is 0.129. The molecule has 5 heteroatoms. The van der Waals surface area contributed by atoms with Gasteiger partial charge in [-0.1, -0.05) is 6.07 Å². The fraction of sp³-hybridized carbons (Fsp3) is 0.444. The molecule has 1 fully saturated rings. The van der Waals surface area contributed by atoms with Gasteiger partial charge in [-0.2, -0.15) is 0 Å². The molecule has 1 amide bonds. The van der Waals surface area contributed by atoms with Gasteiger partial charge in [-0.3, -0.25) is 4.79 Å². The number of thioether (sulfide) groups is 1. The Kier molecular flexibility index (Phi) is 5.06. The highest BCUT2D eigenvalue weighted by Crippen LogP contribution is 2.31. The lowest BCUT2D eigenvalue weighted by molar-refractivity contribution is -0.131. The van der Waals surface area contributed by atoms with E-state index in [2.05, 4.69) is 42.0 Å². The van der Waals surface area contributed by atoms with Crippen molar-refractivity contribution in [3.05, 3.63) is 47.5 Å². The molecule has 0 spiro atoms. The molecule has 1 aromatic heterocycles. The fourth-order valence-electron chi connectivity index (χ4n) is 3.01. The normalized spacial score (nSPS) is 17.7. The third kappa shape index (κ3) is 3.78. The topological polar surface area (TPSA) is 49.0 Å². The molecule has 0 saturated carbocycles. The molecule has 1 aromatic carbocycles. The standard InChI is InChI=1S/C18H23N3OS/c1-13-5-6-15(12-14(13)2)23-11-7-17(22)21-10-3-4-16(21)18-19-8-9-20-18/h5-6,8-9,12,16H,3-4,7,10-11H2,1-2H3,(H,19,20)/t16-/m1/s1. The van der Waals surface area contributed by atoms with Gasteiger partial charge in [0.1, 0.15) is 5.82 Å². The van der Waals surface area contributed by atoms with E-state index in [1.165, 1.54) is 16.0 Å². The minimum atomic E-state index is 0.129. The van der Waals surface area contributed by atoms with Crippen molar-refractivity contribution in [1.29, 1.82) is 0 Å². The van der Waals surface area contributed by atoms with Gasteiger partial charge in [0.05, 0.1) is 6.04 Å². The second-order valence-electron chi connectivity index (χ2n) is 6.06. The van der Waals surface area contributed by atoms with Gasteiger partial charge >= 0.3 is 0 Å². The lowest BCUT2D eigenvalue weighted by atomic mass is 10.1. The highest BCUT2D eigenvalue weighted by molar-refractivity contribution is 7.99. The van der Waals surface area contributed by atoms with Crippen molar-refractivity contribution in [3.8, 4) is 0 Å². The number of H-pyrrole nitrogens is 1. The summed E-state index contributed by atoms with van der Waals surface area (Å²) >= 11 is 1.76. The van der Waals surface area contributed by atoms with Crippen LogP contribution in [0.15, 0.2) is 35.5 Å². The number of amides is 1. The van der Waals surface area contributed by atoms with Gasteiger partial charge in [0.2, 0.25) is 5.91 Å². The number of likely N-dealkylation sites (tertiary alicyclic amines) is 1. The highest BCUT2D eigenvalue weighted by Gasteiger charge is 2.30. The van der Waals surface area contributed by atoms with Crippen LogP contribution in [0.4, 0.5) is 0 Å². The van der Waals surface area contributed by atoms with E-state index < -0.39 is 0 Å². The number of benzene rings is 1. The van der Waals surface area contributed by atoms with E-state index in [4.69, 9.17) is 0 Å². The molecule has 1 N–H and O–H groups in total. The van der Waals surface area contributed by atoms with Crippen molar-refractivity contribution in [2.45, 2.75) is 44.0 Å². The predicted molar refractivity (Wildman–Crippen MR) is 93.5 cm³/mol. The number of aromatic amines is 1. The second kappa shape index (κ2) is 7.21. The number of carbonyl (C=O) groups is 1. The molecule has 2 aromatic rings. The molecule has 0 aliphatic carbocycles. The number of carbonyl (C=O) groups excluding carboxylic acids is 1. The van der Waals surface area contributed by atoms with Crippen molar-refractivity contribution in [3.63, 3.8) is 0 Å². The molecular weight excluding hydrogens is 306 g/mol. The zero-order valence-corrected chi connectivity index (χ0v) is 14.5. The molecule has 23 heavy (non-hydrogen) atoms. The average molecular weight is 329 g/mol. The van der Waals surface area contributed by atoms with Gasteiger partial charge in [-0.05, 0) is 49.9 Å². The number of nitrogens with one attached hydrogen (secondary N) is 1. The largest absolute Gasteiger partial charge is 0.347 e. The Morgan fingerprint density at radius 3 is 3.00 bits per heavy atom. The summed E-state index contributed by atoms with van der Waals surface area (Å²) < 4.78 is 0. The predicted octanol–water partition coefficient (Wildman–Crippen LogP) is 3.87. The number of aryl methyl sites for hydroxylation is 2. The first-order valence-electron chi connectivity index (χ1n) is 8.14. The number of nitrogens with zero attached hydrogens (tertiary/aromatic N) is 2. The average Bonchev–Trinajstić information content (AvgIpc) is 3.20. The zero-order chi connectivity index (χ0) is 16.2. The smallest absolute Gasteiger partial charge is 0.224 e. The molecule has 3 rings (SSSR count). The summed E-state index contributed by atoms with van der Waals surface area (Å²) in [6, 6.07) is 6.61. The van der Waals surface area contributed by atoms with Crippen molar-refractivity contribution in [2.24, 2.45) is 0 Å². The third-order valence-electron chi connectivity index (χ3n) is 4.47. The van der Waals surface area contributed by atoms with E-state index in [1.54, 1.807) is 18.0 Å². The van der Waals surface area contributed by atoms with Gasteiger partial charge in [0.15, 0.2) is 0 Å². The SMILES string of the molecule is Cc1ccc(SCCC(=O)N2CCC[C@@H]2c2ncc[nH]2)cc1C. The number of imidazole rings is 1. The van der Waals surface area contributed by atoms with Crippen LogP contribution in [0, 0.1) is 13.8 Å². The molecule has 1 saturated heterocycles. The van der Waals surface area contributed by atoms with Crippen LogP contribution in [0.1, 0.15) is 42.3 Å². The van der Waals surface area contributed by atoms with Crippen LogP contribution in [0.25, 0.3) is 0 Å². The summed E-state index contributed by atoms with van der Waals surface area (Å²) in [5, 5.41) is 0. The number of hydrogen-bond acceptors (Lipinski definition) is 3. The lowest BCUT2D eigenvalue weighted by Crippen LogP contribution is -2.31. The maximum absolute atomic E-state index is 12.5. The van der Waals surface area contributed by atoms with Crippen LogP contribution in [0.5, 0.6) is 0 Å². The zero-order valence-electron chi connectivity index (χ0n) is 13.7. The summed E-state index contributed by atoms with van der Waals surface area (Å²) in [7, 11) is 0. The summed E-state index contributed by atoms with van der Waals surface area (Å²) in [5.41, 5.74) is 2.61. The monoisotopic (exact) mass is 329 g/mol. The van der Waals surface area contributed by atoms with Gasteiger partial charge in [0, 0.05) is 36.0 Å². The Morgan fingerprint density at radius 2 is 2.26 bits per heavy atom. The maximum Gasteiger partial charge on any atom is 0.224 e. The van der Waals surface area contributed by atoms with E-state index in [-0.39, 0.29) is 11.9 Å². The first kappa shape index (κ1) is 16.1. The molecule has 2 heterocycles. The molecule has 1 aliphatic rings. The van der Waals surface area contributed by atoms with Crippen LogP contribution in [0.2, 0.25) is 0 Å². The van der Waals surface area contributed by atoms with E-state index in [0.717, 1.165) is 31.0 Å². The maximum atomic E-state index is 12.5. The molecular formula is C18H23N3OS. The van der Waals surface area contributed by atoms with Crippen LogP contribution >= 0.6 is 11.8 Å². The third-order valence-corrected chi connectivity index (χ3v) is 5.47. The highest BCUT2D eigenvalue weighted by atomic mass is 32.2. The van der Waals surface area contributed by atoms with Crippen molar-refractivity contribution < 1.29 is 4.79 Å². The molecule has 122 valence electrons. The Balaban J connectivity index is 1.53. The van der Waals surface area contributed by atoms with Crippen molar-refractivity contribution >= 4 is 17.7 Å². The molecule has 4 nitrogen and oxygen atoms in total. The Hall–Kier alpha value is -1.75. The quantitative estimate of drug-likeness (QED) is 0.847. The van der Waals surface area contributed by atoms with Gasteiger partial charge in [-0.15, -0.1) is 11.8 Å². The molecule has 0 radical (unpaired) electrons. The summed E-state index contributed by atoms with van der Waals surface area (Å²) in [6.07, 6.45) is 6.22. The summed E-state index contributed by atoms with van der Waals surface area (Å²) in [5.74, 6) is 1.97. The number of hydrogen-bond donors (Lipinski definition) is 1. The van der Waals surface area contributed by atoms with Crippen LogP contribution in [-0.2, 0) is 4.79 Å². The van der Waals surface area contributed by atoms with Gasteiger partial charge in [0.25, 0.3) is 0 Å². The van der Waals surface area contributed by atoms with Crippen LogP contribution in [-0.4, -0.2) is 33.1 Å². The van der Waals surface area contributed by atoms with E-state index >= 15 is 0 Å². The van der Waals surface area contributed by atoms with Crippen molar-refractivity contribution in [1.82, 2.24) is 14.9 Å². The summed E-state index contributed by atoms with van der Waals surface area (Å²) in [4.78, 5) is 23.2. The number of aromatic nitrogens is 2. The van der Waals surface area contributed by atoms with Crippen LogP contribution < -0.4 is 0 Å². The first-order chi connectivity index (χ1) is 11.1. The molecule has 0 bridgehead atoms. The summed E-state index contributed by atoms with van der Waals surface area (Å²) in [6.45, 7) is 5.09. The lowest BCUT2D eigenvalue weighted by Gasteiger charge is -2.23. The second-order valence-corrected chi connectivity index (χ2v) is 7.23. The van der Waals surface area contributed by atoms with Gasteiger partial charge < -0.3 is 9.88 Å². The Bertz CT molecular complexity index is 669. The molecule has 1 atom stereocenters. The fourth-order valence-corrected chi connectivity index (χ4v) is 3.95.